The molecule has 8 N–H and O–H groups in total. The van der Waals surface area contributed by atoms with Crippen molar-refractivity contribution in [2.45, 2.75) is 47.6 Å². The third-order valence-electron chi connectivity index (χ3n) is 4.75. The van der Waals surface area contributed by atoms with Crippen LogP contribution in [0.15, 0.2) is 28.0 Å². The van der Waals surface area contributed by atoms with Gasteiger partial charge in [-0.3, -0.25) is 13.7 Å². The molecule has 0 bridgehead atoms. The molecule has 1 aromatic heterocycles. The second kappa shape index (κ2) is 9.79. The highest BCUT2D eigenvalue weighted by Gasteiger charge is 2.24. The Labute approximate surface area is 191 Å². The number of anilines is 4. The monoisotopic (exact) mass is 523 g/mol. The summed E-state index contributed by atoms with van der Waals surface area (Å²) in [6.07, 6.45) is 2.50. The van der Waals surface area contributed by atoms with E-state index in [0.29, 0.717) is 25.7 Å². The van der Waals surface area contributed by atoms with Crippen molar-refractivity contribution in [1.82, 2.24) is 19.7 Å². The topological polar surface area (TPSA) is 247 Å². The summed E-state index contributed by atoms with van der Waals surface area (Å²) >= 11 is -2.10. The average Bonchev–Trinajstić information content (AvgIpc) is 2.67. The Hall–Kier alpha value is -2.48. The molecule has 15 nitrogen and oxygen atoms in total. The maximum Gasteiger partial charge on any atom is 0.296 e. The van der Waals surface area contributed by atoms with E-state index in [9.17, 15) is 30.1 Å². The summed E-state index contributed by atoms with van der Waals surface area (Å²) in [5.41, 5.74) is 5.28. The fraction of sp³-hybridized carbons (Fsp3) is 0.400. The highest BCUT2D eigenvalue weighted by Crippen LogP contribution is 2.28. The van der Waals surface area contributed by atoms with Gasteiger partial charge in [0.15, 0.2) is 0 Å². The Morgan fingerprint density at radius 1 is 0.939 bits per heavy atom. The molecular formula is C15H21N7O8S3. The Morgan fingerprint density at radius 2 is 1.55 bits per heavy atom. The van der Waals surface area contributed by atoms with Crippen molar-refractivity contribution in [2.24, 2.45) is 0 Å². The normalized spacial score (nSPS) is 20.2. The SMILES string of the molecule is Nc1nc(Nc2cc(S(=O)(=O)O)ccc2S(=O)(=O)O)nc(NC2CCC(NS(=O)O)CC2)n1. The van der Waals surface area contributed by atoms with Gasteiger partial charge in [0.05, 0.1) is 10.6 Å². The van der Waals surface area contributed by atoms with Gasteiger partial charge in [0.25, 0.3) is 20.2 Å². The molecule has 1 aliphatic carbocycles. The third kappa shape index (κ3) is 7.00. The van der Waals surface area contributed by atoms with E-state index in [0.717, 1.165) is 18.2 Å². The number of hydrogen-bond acceptors (Lipinski definition) is 11. The summed E-state index contributed by atoms with van der Waals surface area (Å²) in [7, 11) is -9.45. The molecule has 1 unspecified atom stereocenters. The molecule has 0 amide bonds. The molecule has 2 aromatic rings. The lowest BCUT2D eigenvalue weighted by Crippen LogP contribution is -2.37. The molecule has 1 heterocycles. The second-order valence-corrected chi connectivity index (χ2v) is 10.7. The third-order valence-corrected chi connectivity index (χ3v) is 7.05. The van der Waals surface area contributed by atoms with Crippen molar-refractivity contribution in [3.63, 3.8) is 0 Å². The summed E-state index contributed by atoms with van der Waals surface area (Å²) < 4.78 is 87.2. The smallest absolute Gasteiger partial charge is 0.296 e. The number of nitrogens with two attached hydrogens (primary N) is 1. The van der Waals surface area contributed by atoms with Crippen molar-refractivity contribution in [3.05, 3.63) is 18.2 Å². The largest absolute Gasteiger partial charge is 0.368 e. The zero-order valence-electron chi connectivity index (χ0n) is 16.7. The fourth-order valence-electron chi connectivity index (χ4n) is 3.31. The number of benzene rings is 1. The molecule has 33 heavy (non-hydrogen) atoms. The van der Waals surface area contributed by atoms with Gasteiger partial charge in [-0.25, -0.2) is 8.93 Å². The first kappa shape index (κ1) is 25.1. The van der Waals surface area contributed by atoms with Gasteiger partial charge in [0, 0.05) is 12.1 Å². The van der Waals surface area contributed by atoms with E-state index in [1.807, 2.05) is 0 Å². The van der Waals surface area contributed by atoms with E-state index in [1.165, 1.54) is 0 Å². The van der Waals surface area contributed by atoms with Gasteiger partial charge in [-0.1, -0.05) is 0 Å². The van der Waals surface area contributed by atoms with Crippen molar-refractivity contribution in [3.8, 4) is 0 Å². The van der Waals surface area contributed by atoms with Crippen LogP contribution < -0.4 is 21.1 Å². The van der Waals surface area contributed by atoms with E-state index >= 15 is 0 Å². The Kier molecular flexibility index (Phi) is 7.46. The molecule has 1 aliphatic rings. The molecule has 0 radical (unpaired) electrons. The van der Waals surface area contributed by atoms with Gasteiger partial charge >= 0.3 is 0 Å². The van der Waals surface area contributed by atoms with Crippen molar-refractivity contribution < 1.29 is 34.7 Å². The summed E-state index contributed by atoms with van der Waals surface area (Å²) in [6, 6.07) is 2.18. The molecule has 18 heteroatoms. The van der Waals surface area contributed by atoms with Gasteiger partial charge in [-0.05, 0) is 43.9 Å². The molecule has 0 saturated heterocycles. The molecule has 1 saturated carbocycles. The summed E-state index contributed by atoms with van der Waals surface area (Å²) in [4.78, 5) is 10.6. The number of nitrogens with zero attached hydrogens (tertiary/aromatic N) is 3. The van der Waals surface area contributed by atoms with Gasteiger partial charge < -0.3 is 16.4 Å². The van der Waals surface area contributed by atoms with E-state index in [1.54, 1.807) is 0 Å². The summed E-state index contributed by atoms with van der Waals surface area (Å²) in [5, 5.41) is 5.52. The lowest BCUT2D eigenvalue weighted by atomic mass is 9.92. The van der Waals surface area contributed by atoms with Crippen LogP contribution in [0, 0.1) is 0 Å². The molecule has 3 rings (SSSR count). The first-order valence-electron chi connectivity index (χ1n) is 9.32. The molecule has 182 valence electrons. The molecule has 0 spiro atoms. The minimum Gasteiger partial charge on any atom is -0.368 e. The molecular weight excluding hydrogens is 502 g/mol. The zero-order chi connectivity index (χ0) is 24.4. The number of aromatic nitrogens is 3. The molecule has 1 fully saturated rings. The molecule has 1 aromatic carbocycles. The first-order chi connectivity index (χ1) is 15.3. The van der Waals surface area contributed by atoms with Crippen LogP contribution in [0.1, 0.15) is 25.7 Å². The fourth-order valence-corrected chi connectivity index (χ4v) is 4.96. The Bertz CT molecular complexity index is 1260. The minimum atomic E-state index is -4.78. The molecule has 0 aliphatic heterocycles. The van der Waals surface area contributed by atoms with Crippen molar-refractivity contribution in [2.75, 3.05) is 16.4 Å². The van der Waals surface area contributed by atoms with Crippen LogP contribution in [-0.2, 0) is 31.5 Å². The van der Waals surface area contributed by atoms with Crippen molar-refractivity contribution in [1.29, 1.82) is 0 Å². The first-order valence-corrected chi connectivity index (χ1v) is 13.3. The van der Waals surface area contributed by atoms with Gasteiger partial charge in [0.2, 0.25) is 29.1 Å². The predicted octanol–water partition coefficient (Wildman–Crippen LogP) is 0.140. The van der Waals surface area contributed by atoms with E-state index in [2.05, 4.69) is 30.3 Å². The van der Waals surface area contributed by atoms with Crippen molar-refractivity contribution >= 4 is 55.0 Å². The number of hydrogen-bond donors (Lipinski definition) is 7. The number of rotatable bonds is 8. The number of nitrogen functional groups attached to an aromatic ring is 1. The summed E-state index contributed by atoms with van der Waals surface area (Å²) in [6.45, 7) is 0. The lowest BCUT2D eigenvalue weighted by Gasteiger charge is -2.28. The lowest BCUT2D eigenvalue weighted by molar-refractivity contribution is 0.383. The van der Waals surface area contributed by atoms with Gasteiger partial charge in [-0.2, -0.15) is 31.8 Å². The van der Waals surface area contributed by atoms with Crippen LogP contribution in [0.4, 0.5) is 23.5 Å². The van der Waals surface area contributed by atoms with E-state index < -0.39 is 47.0 Å². The average molecular weight is 524 g/mol. The van der Waals surface area contributed by atoms with Gasteiger partial charge in [-0.15, -0.1) is 0 Å². The predicted molar refractivity (Wildman–Crippen MR) is 117 cm³/mol. The zero-order valence-corrected chi connectivity index (χ0v) is 19.2. The van der Waals surface area contributed by atoms with Gasteiger partial charge in [0.1, 0.15) is 4.90 Å². The van der Waals surface area contributed by atoms with Crippen LogP contribution in [0.25, 0.3) is 0 Å². The van der Waals surface area contributed by atoms with E-state index in [4.69, 9.17) is 10.3 Å². The Morgan fingerprint density at radius 3 is 2.12 bits per heavy atom. The van der Waals surface area contributed by atoms with Crippen LogP contribution in [0.3, 0.4) is 0 Å². The second-order valence-electron chi connectivity index (χ2n) is 7.13. The Balaban J connectivity index is 1.82. The maximum absolute atomic E-state index is 11.7. The highest BCUT2D eigenvalue weighted by molar-refractivity contribution is 7.86. The van der Waals surface area contributed by atoms with Crippen LogP contribution in [0.2, 0.25) is 0 Å². The standard InChI is InChI=1S/C15H21N7O8S3/c16-13-19-14(17-8-1-3-9(4-2-8)22-31(23)24)21-15(20-13)18-11-7-10(32(25,26)27)5-6-12(11)33(28,29)30/h5-9,22H,1-4H2,(H,23,24)(H,25,26,27)(H,28,29,30)(H4,16,17,18,19,20,21). The maximum atomic E-state index is 11.7. The number of nitrogens with one attached hydrogen (secondary N) is 3. The molecule has 1 atom stereocenters. The summed E-state index contributed by atoms with van der Waals surface area (Å²) in [5.74, 6) is -0.444. The van der Waals surface area contributed by atoms with Crippen LogP contribution in [-0.4, -0.2) is 61.7 Å². The quantitative estimate of drug-likeness (QED) is 0.180. The minimum absolute atomic E-state index is 0.0477. The van der Waals surface area contributed by atoms with Crippen LogP contribution in [0.5, 0.6) is 0 Å². The van der Waals surface area contributed by atoms with E-state index in [-0.39, 0.29) is 29.9 Å². The highest BCUT2D eigenvalue weighted by atomic mass is 32.2. The van der Waals surface area contributed by atoms with Crippen LogP contribution >= 0.6 is 0 Å².